The number of halogens is 1. The van der Waals surface area contributed by atoms with E-state index in [9.17, 15) is 4.79 Å². The minimum Gasteiger partial charge on any atom is -0.492 e. The van der Waals surface area contributed by atoms with E-state index in [-0.39, 0.29) is 11.0 Å². The molecule has 0 bridgehead atoms. The van der Waals surface area contributed by atoms with Crippen molar-refractivity contribution in [2.24, 2.45) is 5.92 Å². The molecule has 0 radical (unpaired) electrons. The maximum atomic E-state index is 12.6. The zero-order valence-corrected chi connectivity index (χ0v) is 16.8. The van der Waals surface area contributed by atoms with Crippen molar-refractivity contribution in [3.05, 3.63) is 58.1 Å². The summed E-state index contributed by atoms with van der Waals surface area (Å²) in [5.74, 6) is 0.477. The number of hydrogen-bond donors (Lipinski definition) is 2. The number of carbonyl (C=O) groups is 1. The third-order valence-corrected chi connectivity index (χ3v) is 3.95. The van der Waals surface area contributed by atoms with Crippen LogP contribution >= 0.6 is 28.1 Å². The van der Waals surface area contributed by atoms with Gasteiger partial charge in [0.05, 0.1) is 23.8 Å². The van der Waals surface area contributed by atoms with E-state index in [0.717, 1.165) is 4.47 Å². The van der Waals surface area contributed by atoms with E-state index >= 15 is 0 Å². The van der Waals surface area contributed by atoms with Crippen molar-refractivity contribution in [3.63, 3.8) is 0 Å². The lowest BCUT2D eigenvalue weighted by atomic mass is 10.2. The number of thiocarbonyl (C=S) groups is 1. The normalized spacial score (nSPS) is 10.1. The molecule has 0 heterocycles. The lowest BCUT2D eigenvalue weighted by molar-refractivity contribution is 0.0973. The Morgan fingerprint density at radius 1 is 1.27 bits per heavy atom. The lowest BCUT2D eigenvalue weighted by Gasteiger charge is -2.14. The van der Waals surface area contributed by atoms with E-state index in [2.05, 4.69) is 26.6 Å². The number of anilines is 1. The Labute approximate surface area is 166 Å². The van der Waals surface area contributed by atoms with Crippen molar-refractivity contribution in [1.29, 1.82) is 5.26 Å². The molecule has 2 aromatic carbocycles. The summed E-state index contributed by atoms with van der Waals surface area (Å²) in [5, 5.41) is 14.5. The van der Waals surface area contributed by atoms with Gasteiger partial charge in [-0.05, 0) is 60.6 Å². The summed E-state index contributed by atoms with van der Waals surface area (Å²) in [5.41, 5.74) is 1.62. The highest BCUT2D eigenvalue weighted by Crippen LogP contribution is 2.24. The SMILES string of the molecule is CC(C)COc1ccc(Br)cc1C(=O)NC(=S)Nc1ccc(C#N)cc1. The summed E-state index contributed by atoms with van der Waals surface area (Å²) < 4.78 is 6.49. The number of amides is 1. The van der Waals surface area contributed by atoms with Crippen LogP contribution in [-0.2, 0) is 0 Å². The third kappa shape index (κ3) is 5.83. The summed E-state index contributed by atoms with van der Waals surface area (Å²) in [6, 6.07) is 14.1. The average Bonchev–Trinajstić information content (AvgIpc) is 2.61. The van der Waals surface area contributed by atoms with Gasteiger partial charge in [-0.15, -0.1) is 0 Å². The topological polar surface area (TPSA) is 74.2 Å². The summed E-state index contributed by atoms with van der Waals surface area (Å²) in [7, 11) is 0. The lowest BCUT2D eigenvalue weighted by Crippen LogP contribution is -2.34. The van der Waals surface area contributed by atoms with E-state index < -0.39 is 0 Å². The van der Waals surface area contributed by atoms with Crippen LogP contribution < -0.4 is 15.4 Å². The maximum Gasteiger partial charge on any atom is 0.261 e. The zero-order valence-electron chi connectivity index (χ0n) is 14.4. The molecule has 0 saturated heterocycles. The minimum atomic E-state index is -0.365. The molecule has 0 spiro atoms. The Kier molecular flexibility index (Phi) is 7.13. The Morgan fingerprint density at radius 2 is 1.96 bits per heavy atom. The van der Waals surface area contributed by atoms with Gasteiger partial charge in [0.2, 0.25) is 0 Å². The molecule has 2 N–H and O–H groups in total. The Bertz CT molecular complexity index is 845. The minimum absolute atomic E-state index is 0.162. The van der Waals surface area contributed by atoms with Gasteiger partial charge >= 0.3 is 0 Å². The first-order valence-corrected chi connectivity index (χ1v) is 9.14. The van der Waals surface area contributed by atoms with E-state index in [1.54, 1.807) is 36.4 Å². The largest absolute Gasteiger partial charge is 0.492 e. The number of benzene rings is 2. The molecule has 5 nitrogen and oxygen atoms in total. The second kappa shape index (κ2) is 9.32. The number of nitriles is 1. The fraction of sp³-hybridized carbons (Fsp3) is 0.211. The van der Waals surface area contributed by atoms with Crippen LogP contribution in [0.4, 0.5) is 5.69 Å². The number of rotatable bonds is 5. The molecule has 7 heteroatoms. The van der Waals surface area contributed by atoms with E-state index in [4.69, 9.17) is 22.2 Å². The molecule has 0 fully saturated rings. The molecule has 134 valence electrons. The van der Waals surface area contributed by atoms with Crippen molar-refractivity contribution in [2.75, 3.05) is 11.9 Å². The van der Waals surface area contributed by atoms with Crippen molar-refractivity contribution >= 4 is 44.9 Å². The highest BCUT2D eigenvalue weighted by atomic mass is 79.9. The van der Waals surface area contributed by atoms with Crippen LogP contribution in [0.1, 0.15) is 29.8 Å². The molecule has 2 rings (SSSR count). The molecule has 0 aromatic heterocycles. The molecule has 1 amide bonds. The van der Waals surface area contributed by atoms with Gasteiger partial charge < -0.3 is 10.1 Å². The van der Waals surface area contributed by atoms with Gasteiger partial charge in [0, 0.05) is 10.2 Å². The average molecular weight is 432 g/mol. The second-order valence-corrected chi connectivity index (χ2v) is 7.27. The number of hydrogen-bond acceptors (Lipinski definition) is 4. The van der Waals surface area contributed by atoms with Crippen molar-refractivity contribution < 1.29 is 9.53 Å². The van der Waals surface area contributed by atoms with Crippen molar-refractivity contribution in [2.45, 2.75) is 13.8 Å². The van der Waals surface area contributed by atoms with Gasteiger partial charge in [0.15, 0.2) is 5.11 Å². The number of ether oxygens (including phenoxy) is 1. The summed E-state index contributed by atoms with van der Waals surface area (Å²) in [6.45, 7) is 4.58. The van der Waals surface area contributed by atoms with Crippen LogP contribution in [0.5, 0.6) is 5.75 Å². The molecular formula is C19H18BrN3O2S. The molecule has 2 aromatic rings. The molecule has 0 aliphatic rings. The fourth-order valence-corrected chi connectivity index (χ4v) is 2.59. The van der Waals surface area contributed by atoms with Crippen molar-refractivity contribution in [3.8, 4) is 11.8 Å². The summed E-state index contributed by atoms with van der Waals surface area (Å²) >= 11 is 8.56. The van der Waals surface area contributed by atoms with E-state index in [1.165, 1.54) is 0 Å². The van der Waals surface area contributed by atoms with Crippen LogP contribution in [0.3, 0.4) is 0 Å². The molecule has 0 saturated carbocycles. The molecule has 0 unspecified atom stereocenters. The summed E-state index contributed by atoms with van der Waals surface area (Å²) in [4.78, 5) is 12.6. The quantitative estimate of drug-likeness (QED) is 0.682. The molecule has 0 atom stereocenters. The zero-order chi connectivity index (χ0) is 19.1. The fourth-order valence-electron chi connectivity index (χ4n) is 2.02. The predicted molar refractivity (Wildman–Crippen MR) is 109 cm³/mol. The standard InChI is InChI=1S/C19H18BrN3O2S/c1-12(2)11-25-17-8-5-14(20)9-16(17)18(24)23-19(26)22-15-6-3-13(10-21)4-7-15/h3-9,12H,11H2,1-2H3,(H2,22,23,24,26). The number of nitrogens with one attached hydrogen (secondary N) is 2. The smallest absolute Gasteiger partial charge is 0.261 e. The van der Waals surface area contributed by atoms with Crippen LogP contribution in [0.25, 0.3) is 0 Å². The molecule has 26 heavy (non-hydrogen) atoms. The first-order valence-electron chi connectivity index (χ1n) is 7.94. The molecule has 0 aliphatic heterocycles. The highest BCUT2D eigenvalue weighted by molar-refractivity contribution is 9.10. The van der Waals surface area contributed by atoms with E-state index in [0.29, 0.717) is 35.1 Å². The van der Waals surface area contributed by atoms with Crippen LogP contribution in [0.15, 0.2) is 46.9 Å². The molecular weight excluding hydrogens is 414 g/mol. The third-order valence-electron chi connectivity index (χ3n) is 3.26. The second-order valence-electron chi connectivity index (χ2n) is 5.94. The number of nitrogens with zero attached hydrogens (tertiary/aromatic N) is 1. The van der Waals surface area contributed by atoms with Crippen LogP contribution in [0, 0.1) is 17.2 Å². The van der Waals surface area contributed by atoms with E-state index in [1.807, 2.05) is 26.0 Å². The van der Waals surface area contributed by atoms with Gasteiger partial charge in [-0.1, -0.05) is 29.8 Å². The Morgan fingerprint density at radius 3 is 2.58 bits per heavy atom. The van der Waals surface area contributed by atoms with Gasteiger partial charge in [0.1, 0.15) is 5.75 Å². The highest BCUT2D eigenvalue weighted by Gasteiger charge is 2.15. The molecule has 0 aliphatic carbocycles. The first kappa shape index (κ1) is 19.9. The maximum absolute atomic E-state index is 12.6. The van der Waals surface area contributed by atoms with Gasteiger partial charge in [-0.2, -0.15) is 5.26 Å². The monoisotopic (exact) mass is 431 g/mol. The van der Waals surface area contributed by atoms with Crippen LogP contribution in [0.2, 0.25) is 0 Å². The summed E-state index contributed by atoms with van der Waals surface area (Å²) in [6.07, 6.45) is 0. The Balaban J connectivity index is 2.07. The Hall–Kier alpha value is -2.43. The van der Waals surface area contributed by atoms with Gasteiger partial charge in [-0.3, -0.25) is 10.1 Å². The van der Waals surface area contributed by atoms with Gasteiger partial charge in [0.25, 0.3) is 5.91 Å². The predicted octanol–water partition coefficient (Wildman–Crippen LogP) is 4.48. The van der Waals surface area contributed by atoms with Crippen molar-refractivity contribution in [1.82, 2.24) is 5.32 Å². The number of carbonyl (C=O) groups excluding carboxylic acids is 1. The first-order chi connectivity index (χ1) is 12.4. The van der Waals surface area contributed by atoms with Crippen LogP contribution in [-0.4, -0.2) is 17.6 Å². The van der Waals surface area contributed by atoms with Gasteiger partial charge in [-0.25, -0.2) is 0 Å².